The summed E-state index contributed by atoms with van der Waals surface area (Å²) in [5.74, 6) is -0.725. The SMILES string of the molecule is Nc1cc(CN2CCC(C(=O)O)(c3ccccc3)CC2)ccc1S. The van der Waals surface area contributed by atoms with Crippen LogP contribution >= 0.6 is 12.6 Å². The highest BCUT2D eigenvalue weighted by Crippen LogP contribution is 2.36. The third kappa shape index (κ3) is 3.28. The van der Waals surface area contributed by atoms with E-state index in [1.54, 1.807) is 0 Å². The zero-order chi connectivity index (χ0) is 17.2. The Morgan fingerprint density at radius 1 is 1.17 bits per heavy atom. The summed E-state index contributed by atoms with van der Waals surface area (Å²) >= 11 is 4.29. The van der Waals surface area contributed by atoms with Crippen molar-refractivity contribution in [1.82, 2.24) is 4.90 Å². The molecule has 2 aromatic rings. The lowest BCUT2D eigenvalue weighted by Crippen LogP contribution is -2.47. The average Bonchev–Trinajstić information content (AvgIpc) is 2.59. The molecule has 0 saturated carbocycles. The number of hydrogen-bond acceptors (Lipinski definition) is 4. The molecule has 1 aliphatic rings. The van der Waals surface area contributed by atoms with Crippen molar-refractivity contribution in [3.05, 3.63) is 59.7 Å². The molecule has 1 aliphatic heterocycles. The first-order valence-corrected chi connectivity index (χ1v) is 8.55. The highest BCUT2D eigenvalue weighted by molar-refractivity contribution is 7.80. The number of nitrogens with zero attached hydrogens (tertiary/aromatic N) is 1. The number of carbonyl (C=O) groups is 1. The Balaban J connectivity index is 1.72. The minimum atomic E-state index is -0.772. The Kier molecular flexibility index (Phi) is 4.83. The summed E-state index contributed by atoms with van der Waals surface area (Å²) in [5.41, 5.74) is 7.85. The van der Waals surface area contributed by atoms with Crippen LogP contribution in [0.2, 0.25) is 0 Å². The first-order chi connectivity index (χ1) is 11.5. The zero-order valence-electron chi connectivity index (χ0n) is 13.5. The van der Waals surface area contributed by atoms with E-state index in [-0.39, 0.29) is 0 Å². The fourth-order valence-corrected chi connectivity index (χ4v) is 3.58. The number of aliphatic carboxylic acids is 1. The second kappa shape index (κ2) is 6.87. The molecule has 0 aromatic heterocycles. The van der Waals surface area contributed by atoms with Gasteiger partial charge < -0.3 is 10.8 Å². The third-order valence-electron chi connectivity index (χ3n) is 4.94. The molecule has 1 heterocycles. The maximum Gasteiger partial charge on any atom is 0.314 e. The highest BCUT2D eigenvalue weighted by Gasteiger charge is 2.42. The van der Waals surface area contributed by atoms with Crippen LogP contribution in [-0.2, 0) is 16.8 Å². The molecular weight excluding hydrogens is 320 g/mol. The maximum atomic E-state index is 12.0. The molecule has 24 heavy (non-hydrogen) atoms. The average molecular weight is 342 g/mol. The van der Waals surface area contributed by atoms with Gasteiger partial charge in [0, 0.05) is 17.1 Å². The van der Waals surface area contributed by atoms with Crippen molar-refractivity contribution in [3.8, 4) is 0 Å². The molecule has 5 heteroatoms. The van der Waals surface area contributed by atoms with Crippen molar-refractivity contribution in [2.45, 2.75) is 29.7 Å². The molecule has 4 nitrogen and oxygen atoms in total. The molecule has 0 radical (unpaired) electrons. The summed E-state index contributed by atoms with van der Waals surface area (Å²) in [6, 6.07) is 15.5. The quantitative estimate of drug-likeness (QED) is 0.590. The van der Waals surface area contributed by atoms with Gasteiger partial charge in [-0.25, -0.2) is 0 Å². The molecule has 3 N–H and O–H groups in total. The van der Waals surface area contributed by atoms with Gasteiger partial charge in [0.15, 0.2) is 0 Å². The minimum absolute atomic E-state index is 0.618. The van der Waals surface area contributed by atoms with Crippen molar-refractivity contribution < 1.29 is 9.90 Å². The van der Waals surface area contributed by atoms with E-state index < -0.39 is 11.4 Å². The van der Waals surface area contributed by atoms with Crippen molar-refractivity contribution in [3.63, 3.8) is 0 Å². The van der Waals surface area contributed by atoms with Gasteiger partial charge >= 0.3 is 5.97 Å². The minimum Gasteiger partial charge on any atom is -0.481 e. The first kappa shape index (κ1) is 16.9. The lowest BCUT2D eigenvalue weighted by Gasteiger charge is -2.39. The van der Waals surface area contributed by atoms with E-state index in [1.807, 2.05) is 48.5 Å². The van der Waals surface area contributed by atoms with E-state index in [0.717, 1.165) is 35.7 Å². The normalized spacial score (nSPS) is 17.5. The number of hydrogen-bond donors (Lipinski definition) is 3. The number of rotatable bonds is 4. The second-order valence-electron chi connectivity index (χ2n) is 6.42. The van der Waals surface area contributed by atoms with Crippen molar-refractivity contribution in [2.24, 2.45) is 0 Å². The van der Waals surface area contributed by atoms with E-state index in [1.165, 1.54) is 0 Å². The molecule has 1 fully saturated rings. The maximum absolute atomic E-state index is 12.0. The Morgan fingerprint density at radius 2 is 1.83 bits per heavy atom. The summed E-state index contributed by atoms with van der Waals surface area (Å²) in [7, 11) is 0. The lowest BCUT2D eigenvalue weighted by molar-refractivity contribution is -0.146. The Morgan fingerprint density at radius 3 is 2.42 bits per heavy atom. The summed E-state index contributed by atoms with van der Waals surface area (Å²) < 4.78 is 0. The summed E-state index contributed by atoms with van der Waals surface area (Å²) in [6.45, 7) is 2.29. The van der Waals surface area contributed by atoms with E-state index in [4.69, 9.17) is 5.73 Å². The number of benzene rings is 2. The number of nitrogens with two attached hydrogens (primary N) is 1. The van der Waals surface area contributed by atoms with Gasteiger partial charge in [0.05, 0.1) is 5.41 Å². The predicted molar refractivity (Wildman–Crippen MR) is 98.4 cm³/mol. The van der Waals surface area contributed by atoms with Crippen molar-refractivity contribution in [1.29, 1.82) is 0 Å². The molecule has 0 spiro atoms. The Hall–Kier alpha value is -1.98. The van der Waals surface area contributed by atoms with Crippen LogP contribution in [0.25, 0.3) is 0 Å². The van der Waals surface area contributed by atoms with Crippen molar-refractivity contribution >= 4 is 24.3 Å². The summed E-state index contributed by atoms with van der Waals surface area (Å²) in [4.78, 5) is 15.1. The van der Waals surface area contributed by atoms with Crippen LogP contribution in [0.4, 0.5) is 5.69 Å². The molecule has 3 rings (SSSR count). The standard InChI is InChI=1S/C19H22N2O2S/c20-16-12-14(6-7-17(16)24)13-21-10-8-19(9-11-21,18(22)23)15-4-2-1-3-5-15/h1-7,12,24H,8-11,13,20H2,(H,22,23). The van der Waals surface area contributed by atoms with Crippen LogP contribution in [-0.4, -0.2) is 29.1 Å². The van der Waals surface area contributed by atoms with E-state index in [9.17, 15) is 9.90 Å². The Bertz CT molecular complexity index is 725. The monoisotopic (exact) mass is 342 g/mol. The van der Waals surface area contributed by atoms with E-state index in [2.05, 4.69) is 17.5 Å². The molecule has 0 amide bonds. The number of thiol groups is 1. The zero-order valence-corrected chi connectivity index (χ0v) is 14.4. The van der Waals surface area contributed by atoms with Gasteiger partial charge in [0.25, 0.3) is 0 Å². The number of likely N-dealkylation sites (tertiary alicyclic amines) is 1. The Labute approximate surface area is 147 Å². The van der Waals surface area contributed by atoms with Crippen molar-refractivity contribution in [2.75, 3.05) is 18.8 Å². The fraction of sp³-hybridized carbons (Fsp3) is 0.316. The fourth-order valence-electron chi connectivity index (χ4n) is 3.44. The van der Waals surface area contributed by atoms with Crippen LogP contribution < -0.4 is 5.73 Å². The van der Waals surface area contributed by atoms with Gasteiger partial charge in [-0.2, -0.15) is 0 Å². The molecule has 0 atom stereocenters. The smallest absolute Gasteiger partial charge is 0.314 e. The topological polar surface area (TPSA) is 66.6 Å². The first-order valence-electron chi connectivity index (χ1n) is 8.10. The molecule has 1 saturated heterocycles. The molecule has 0 aliphatic carbocycles. The number of piperidine rings is 1. The van der Waals surface area contributed by atoms with Gasteiger partial charge in [-0.3, -0.25) is 9.69 Å². The largest absolute Gasteiger partial charge is 0.481 e. The molecule has 0 bridgehead atoms. The lowest BCUT2D eigenvalue weighted by atomic mass is 9.73. The van der Waals surface area contributed by atoms with Gasteiger partial charge in [0.1, 0.15) is 0 Å². The van der Waals surface area contributed by atoms with Crippen LogP contribution in [0.3, 0.4) is 0 Å². The van der Waals surface area contributed by atoms with Crippen LogP contribution in [0.15, 0.2) is 53.4 Å². The molecule has 126 valence electrons. The highest BCUT2D eigenvalue weighted by atomic mass is 32.1. The van der Waals surface area contributed by atoms with Gasteiger partial charge in [0.2, 0.25) is 0 Å². The van der Waals surface area contributed by atoms with E-state index in [0.29, 0.717) is 18.5 Å². The number of nitrogen functional groups attached to an aromatic ring is 1. The van der Waals surface area contributed by atoms with Gasteiger partial charge in [-0.05, 0) is 49.2 Å². The predicted octanol–water partition coefficient (Wildman–Crippen LogP) is 3.18. The van der Waals surface area contributed by atoms with Gasteiger partial charge in [-0.1, -0.05) is 36.4 Å². The molecule has 2 aromatic carbocycles. The third-order valence-corrected chi connectivity index (χ3v) is 5.35. The van der Waals surface area contributed by atoms with Gasteiger partial charge in [-0.15, -0.1) is 12.6 Å². The number of carboxylic acid groups (broad SMARTS) is 1. The van der Waals surface area contributed by atoms with E-state index >= 15 is 0 Å². The van der Waals surface area contributed by atoms with Crippen LogP contribution in [0, 0.1) is 0 Å². The summed E-state index contributed by atoms with van der Waals surface area (Å²) in [5, 5.41) is 9.84. The molecule has 0 unspecified atom stereocenters. The summed E-state index contributed by atoms with van der Waals surface area (Å²) in [6.07, 6.45) is 1.24. The van der Waals surface area contributed by atoms with Crippen LogP contribution in [0.5, 0.6) is 0 Å². The van der Waals surface area contributed by atoms with Crippen LogP contribution in [0.1, 0.15) is 24.0 Å². The second-order valence-corrected chi connectivity index (χ2v) is 6.90. The number of carboxylic acids is 1. The molecular formula is C19H22N2O2S. The number of anilines is 1.